The fourth-order valence-corrected chi connectivity index (χ4v) is 4.53. The zero-order chi connectivity index (χ0) is 26.3. The summed E-state index contributed by atoms with van der Waals surface area (Å²) in [4.78, 5) is 9.77. The molecule has 3 N–H and O–H groups in total. The predicted molar refractivity (Wildman–Crippen MR) is 156 cm³/mol. The second kappa shape index (κ2) is 18.4. The molecule has 0 atom stereocenters. The Kier molecular flexibility index (Phi) is 14.9. The van der Waals surface area contributed by atoms with Crippen LogP contribution in [-0.2, 0) is 63.5 Å². The maximum Gasteiger partial charge on any atom is 0.120 e. The van der Waals surface area contributed by atoms with Crippen LogP contribution < -0.4 is 5.32 Å². The van der Waals surface area contributed by atoms with Crippen molar-refractivity contribution in [3.8, 4) is 0 Å². The Bertz CT molecular complexity index is 1170. The van der Waals surface area contributed by atoms with E-state index in [9.17, 15) is 0 Å². The van der Waals surface area contributed by atoms with Gasteiger partial charge < -0.3 is 26.1 Å². The molecule has 1 saturated heterocycles. The van der Waals surface area contributed by atoms with E-state index in [1.165, 1.54) is 21.9 Å². The van der Waals surface area contributed by atoms with Gasteiger partial charge in [0, 0.05) is 58.2 Å². The summed E-state index contributed by atoms with van der Waals surface area (Å²) in [6.07, 6.45) is 5.80. The van der Waals surface area contributed by atoms with Crippen molar-refractivity contribution in [3.63, 3.8) is 0 Å². The van der Waals surface area contributed by atoms with Gasteiger partial charge in [0.05, 0.1) is 19.8 Å². The molecule has 5 rings (SSSR count). The number of nitrogens with zero attached hydrogens (tertiary/aromatic N) is 3. The normalized spacial score (nSPS) is 13.5. The molecule has 39 heavy (non-hydrogen) atoms. The first kappa shape index (κ1) is 31.6. The fraction of sp³-hybridized carbons (Fsp3) is 0.387. The summed E-state index contributed by atoms with van der Waals surface area (Å²) in [5.41, 5.74) is 11.1. The van der Waals surface area contributed by atoms with Crippen LogP contribution in [0.1, 0.15) is 28.9 Å². The molecular weight excluding hydrogens is 561 g/mol. The van der Waals surface area contributed by atoms with Crippen LogP contribution in [0.4, 0.5) is 0 Å². The van der Waals surface area contributed by atoms with E-state index < -0.39 is 0 Å². The summed E-state index contributed by atoms with van der Waals surface area (Å²) < 4.78 is 5.37. The van der Waals surface area contributed by atoms with E-state index in [0.29, 0.717) is 6.54 Å². The second-order valence-electron chi connectivity index (χ2n) is 9.51. The molecule has 1 radical (unpaired) electrons. The van der Waals surface area contributed by atoms with Gasteiger partial charge in [-0.2, -0.15) is 0 Å². The van der Waals surface area contributed by atoms with Crippen molar-refractivity contribution in [1.82, 2.24) is 20.2 Å². The number of hydrogen-bond donors (Lipinski definition) is 2. The van der Waals surface area contributed by atoms with E-state index in [0.717, 1.165) is 83.3 Å². The number of hydrogen-bond acceptors (Lipinski definition) is 4. The molecule has 2 heterocycles. The average molecular weight is 602 g/mol. The number of aromatic nitrogens is 2. The van der Waals surface area contributed by atoms with Crippen LogP contribution in [0.3, 0.4) is 0 Å². The third kappa shape index (κ3) is 11.2. The van der Waals surface area contributed by atoms with Crippen LogP contribution in [0, 0.1) is 0 Å². The van der Waals surface area contributed by atoms with Crippen LogP contribution >= 0.6 is 0 Å². The maximum absolute atomic E-state index is 7.33. The van der Waals surface area contributed by atoms with Gasteiger partial charge in [0.2, 0.25) is 0 Å². The molecule has 0 amide bonds. The predicted octanol–water partition coefficient (Wildman–Crippen LogP) is 5.73. The van der Waals surface area contributed by atoms with Crippen LogP contribution in [0.15, 0.2) is 79.1 Å². The van der Waals surface area contributed by atoms with Crippen molar-refractivity contribution >= 4 is 10.8 Å². The Labute approximate surface area is 258 Å². The van der Waals surface area contributed by atoms with Gasteiger partial charge in [-0.1, -0.05) is 84.3 Å². The molecule has 0 aliphatic carbocycles. The molecule has 3 aromatic carbocycles. The number of H-pyrrole nitrogens is 1. The molecule has 0 saturated carbocycles. The number of benzene rings is 3. The number of aromatic amines is 1. The molecule has 1 aliphatic rings. The van der Waals surface area contributed by atoms with Gasteiger partial charge in [-0.05, 0) is 35.8 Å². The monoisotopic (exact) mass is 601 g/mol. The van der Waals surface area contributed by atoms with Gasteiger partial charge in [0.25, 0.3) is 0 Å². The minimum absolute atomic E-state index is 0. The zero-order valence-corrected chi connectivity index (χ0v) is 25.7. The van der Waals surface area contributed by atoms with Gasteiger partial charge in [-0.3, -0.25) is 4.90 Å². The van der Waals surface area contributed by atoms with E-state index in [2.05, 4.69) is 68.0 Å². The first-order chi connectivity index (χ1) is 18.8. The molecule has 1 fully saturated rings. The number of morpholine rings is 1. The summed E-state index contributed by atoms with van der Waals surface area (Å²) in [7, 11) is 0. The van der Waals surface area contributed by atoms with Crippen LogP contribution in [-0.4, -0.2) is 60.8 Å². The summed E-state index contributed by atoms with van der Waals surface area (Å²) in [5, 5.41) is 10.5. The van der Waals surface area contributed by atoms with Gasteiger partial charge in [0.1, 0.15) is 5.82 Å². The molecule has 8 heteroatoms. The second-order valence-corrected chi connectivity index (χ2v) is 9.51. The van der Waals surface area contributed by atoms with Gasteiger partial charge in [-0.15, -0.1) is 19.6 Å². The molecule has 0 bridgehead atoms. The van der Waals surface area contributed by atoms with Crippen molar-refractivity contribution < 1.29 is 37.4 Å². The first-order valence-corrected chi connectivity index (χ1v) is 13.6. The maximum atomic E-state index is 7.33. The minimum Gasteiger partial charge on any atom is -0.674 e. The summed E-state index contributed by atoms with van der Waals surface area (Å²) in [5.74, 6) is 0.982. The Balaban J connectivity index is 0.000000270. The molecule has 4 aromatic rings. The standard InChI is InChI=1S/C20H30N5O.C11H10N.Y/c1(11-25-12-14-26-15-13-25)7-21-16-19-4-2-18(3-5-19)6-8-22-17-20-23-9-10-24-20;12-8-10-6-3-5-9-4-1-2-7-11(9)10;/h2-5,9-10,22H,1,6-8,11-17H2,(H,23,24);1-7,12H,8H2;/q2*-1;. The van der Waals surface area contributed by atoms with Crippen molar-refractivity contribution in [2.24, 2.45) is 0 Å². The topological polar surface area (TPSA) is 91.1 Å². The number of imidazole rings is 1. The third-order valence-corrected chi connectivity index (χ3v) is 6.72. The molecule has 1 aromatic heterocycles. The Hall–Kier alpha value is -1.97. The van der Waals surface area contributed by atoms with Gasteiger partial charge in [-0.25, -0.2) is 4.98 Å². The van der Waals surface area contributed by atoms with E-state index in [1.54, 1.807) is 6.20 Å². The van der Waals surface area contributed by atoms with Crippen molar-refractivity contribution in [1.29, 1.82) is 0 Å². The van der Waals surface area contributed by atoms with Gasteiger partial charge in [0.15, 0.2) is 0 Å². The summed E-state index contributed by atoms with van der Waals surface area (Å²) >= 11 is 0. The van der Waals surface area contributed by atoms with Crippen molar-refractivity contribution in [2.45, 2.75) is 32.5 Å². The summed E-state index contributed by atoms with van der Waals surface area (Å²) in [6, 6.07) is 23.1. The number of nitrogens with one attached hydrogen (secondary N) is 3. The smallest absolute Gasteiger partial charge is 0.120 e. The Morgan fingerprint density at radius 1 is 0.974 bits per heavy atom. The van der Waals surface area contributed by atoms with E-state index in [1.807, 2.05) is 30.5 Å². The summed E-state index contributed by atoms with van der Waals surface area (Å²) in [6.45, 7) is 8.88. The Morgan fingerprint density at radius 3 is 2.51 bits per heavy atom. The molecule has 0 unspecified atom stereocenters. The first-order valence-electron chi connectivity index (χ1n) is 13.6. The largest absolute Gasteiger partial charge is 0.674 e. The number of rotatable bonds is 12. The quantitative estimate of drug-likeness (QED) is 0.203. The molecule has 7 nitrogen and oxygen atoms in total. The van der Waals surface area contributed by atoms with Crippen LogP contribution in [0.2, 0.25) is 0 Å². The van der Waals surface area contributed by atoms with Crippen molar-refractivity contribution in [2.75, 3.05) is 45.9 Å². The van der Waals surface area contributed by atoms with Gasteiger partial charge >= 0.3 is 0 Å². The Morgan fingerprint density at radius 2 is 1.74 bits per heavy atom. The number of fused-ring (bicyclic) bond motifs is 1. The minimum atomic E-state index is 0. The van der Waals surface area contributed by atoms with E-state index in [4.69, 9.17) is 10.5 Å². The van der Waals surface area contributed by atoms with Crippen LogP contribution in [0.25, 0.3) is 21.8 Å². The average Bonchev–Trinajstić information content (AvgIpc) is 3.50. The van der Waals surface area contributed by atoms with Crippen LogP contribution in [0.5, 0.6) is 0 Å². The molecule has 1 aliphatic heterocycles. The van der Waals surface area contributed by atoms with E-state index >= 15 is 0 Å². The van der Waals surface area contributed by atoms with E-state index in [-0.39, 0.29) is 32.7 Å². The number of ether oxygens (including phenoxy) is 1. The zero-order valence-electron chi connectivity index (χ0n) is 22.8. The molecular formula is C31H40N6OY-2. The molecule has 205 valence electrons. The van der Waals surface area contributed by atoms with Crippen molar-refractivity contribution in [3.05, 3.63) is 113 Å². The fourth-order valence-electron chi connectivity index (χ4n) is 4.53. The SMILES string of the molecule is [NH-]Cc1cccc2ccccc12.[Y].c1c[nH]c(CNCCc2ccc(C[N-]CCCN3CCOCC3)cc2)n1. The third-order valence-electron chi connectivity index (χ3n) is 6.72. The molecule has 0 spiro atoms.